The molecule has 0 amide bonds. The molecule has 6 nitrogen and oxygen atoms in total. The summed E-state index contributed by atoms with van der Waals surface area (Å²) in [4.78, 5) is 8.79. The largest absolute Gasteiger partial charge is 0.382 e. The first-order valence-electron chi connectivity index (χ1n) is 9.85. The number of anilines is 1. The second-order valence-corrected chi connectivity index (χ2v) is 9.82. The summed E-state index contributed by atoms with van der Waals surface area (Å²) in [5, 5.41) is 5.86. The smallest absolute Gasteiger partial charge is 0.211 e. The van der Waals surface area contributed by atoms with Crippen molar-refractivity contribution in [2.75, 3.05) is 24.7 Å². The Labute approximate surface area is 172 Å². The molecule has 0 atom stereocenters. The summed E-state index contributed by atoms with van der Waals surface area (Å²) in [6.07, 6.45) is 6.54. The predicted octanol–water partition coefficient (Wildman–Crippen LogP) is 3.75. The minimum atomic E-state index is -3.12. The lowest BCUT2D eigenvalue weighted by Crippen LogP contribution is -2.41. The monoisotopic (exact) mass is 410 g/mol. The molecular weight excluding hydrogens is 384 g/mol. The van der Waals surface area contributed by atoms with Crippen molar-refractivity contribution in [1.82, 2.24) is 14.3 Å². The van der Waals surface area contributed by atoms with Crippen molar-refractivity contribution in [2.45, 2.75) is 32.7 Å². The van der Waals surface area contributed by atoms with Crippen LogP contribution in [-0.4, -0.2) is 48.1 Å². The molecule has 7 heteroatoms. The third kappa shape index (κ3) is 4.41. The molecule has 1 saturated heterocycles. The molecule has 1 N–H and O–H groups in total. The Kier molecular flexibility index (Phi) is 5.27. The van der Waals surface area contributed by atoms with Crippen LogP contribution in [0.15, 0.2) is 42.7 Å². The highest BCUT2D eigenvalue weighted by Crippen LogP contribution is 2.32. The minimum Gasteiger partial charge on any atom is -0.382 e. The maximum atomic E-state index is 11.8. The number of piperidine rings is 1. The standard InChI is InChI=1S/C22H26N4O2S/c1-15-10-18(11-16(2)24-15)19-12-17-4-7-23-14-21(17)22(13-19)25-20-5-8-26(9-6-20)29(3,27)28/h4,7,10-14,20,25H,5-6,8-9H2,1-3H3. The molecule has 3 heterocycles. The lowest BCUT2D eigenvalue weighted by atomic mass is 9.99. The lowest BCUT2D eigenvalue weighted by molar-refractivity contribution is 0.332. The number of pyridine rings is 2. The molecule has 1 fully saturated rings. The van der Waals surface area contributed by atoms with Gasteiger partial charge in [0, 0.05) is 54.0 Å². The number of benzene rings is 1. The van der Waals surface area contributed by atoms with E-state index in [0.29, 0.717) is 13.1 Å². The van der Waals surface area contributed by atoms with Gasteiger partial charge in [0.2, 0.25) is 10.0 Å². The van der Waals surface area contributed by atoms with Gasteiger partial charge in [-0.25, -0.2) is 12.7 Å². The van der Waals surface area contributed by atoms with Gasteiger partial charge in [-0.15, -0.1) is 0 Å². The Bertz CT molecular complexity index is 1130. The van der Waals surface area contributed by atoms with Gasteiger partial charge in [-0.1, -0.05) is 0 Å². The summed E-state index contributed by atoms with van der Waals surface area (Å²) >= 11 is 0. The molecule has 3 aromatic rings. The average molecular weight is 411 g/mol. The molecule has 4 rings (SSSR count). The highest BCUT2D eigenvalue weighted by Gasteiger charge is 2.25. The highest BCUT2D eigenvalue weighted by molar-refractivity contribution is 7.88. The quantitative estimate of drug-likeness (QED) is 0.709. The normalized spacial score (nSPS) is 16.2. The minimum absolute atomic E-state index is 0.229. The van der Waals surface area contributed by atoms with Crippen molar-refractivity contribution in [3.05, 3.63) is 54.1 Å². The number of rotatable bonds is 4. The van der Waals surface area contributed by atoms with E-state index in [1.165, 1.54) is 6.26 Å². The zero-order chi connectivity index (χ0) is 20.6. The number of aryl methyl sites for hydroxylation is 2. The van der Waals surface area contributed by atoms with Crippen molar-refractivity contribution in [2.24, 2.45) is 0 Å². The van der Waals surface area contributed by atoms with Crippen molar-refractivity contribution < 1.29 is 8.42 Å². The summed E-state index contributed by atoms with van der Waals surface area (Å²) in [6.45, 7) is 5.12. The molecule has 152 valence electrons. The van der Waals surface area contributed by atoms with Crippen molar-refractivity contribution in [3.63, 3.8) is 0 Å². The van der Waals surface area contributed by atoms with Crippen LogP contribution >= 0.6 is 0 Å². The van der Waals surface area contributed by atoms with Crippen molar-refractivity contribution >= 4 is 26.5 Å². The van der Waals surface area contributed by atoms with Crippen LogP contribution in [0.5, 0.6) is 0 Å². The van der Waals surface area contributed by atoms with Crippen LogP contribution in [0.3, 0.4) is 0 Å². The summed E-state index contributed by atoms with van der Waals surface area (Å²) in [7, 11) is -3.12. The van der Waals surface area contributed by atoms with Gasteiger partial charge in [-0.05, 0) is 73.5 Å². The Balaban J connectivity index is 1.67. The van der Waals surface area contributed by atoms with E-state index in [9.17, 15) is 8.42 Å². The van der Waals surface area contributed by atoms with Gasteiger partial charge < -0.3 is 5.32 Å². The molecule has 0 radical (unpaired) electrons. The Morgan fingerprint density at radius 1 is 1.03 bits per heavy atom. The third-order valence-corrected chi connectivity index (χ3v) is 6.76. The fraction of sp³-hybridized carbons (Fsp3) is 0.364. The Morgan fingerprint density at radius 2 is 1.69 bits per heavy atom. The van der Waals surface area contributed by atoms with Crippen LogP contribution in [0, 0.1) is 13.8 Å². The molecule has 0 unspecified atom stereocenters. The van der Waals surface area contributed by atoms with E-state index < -0.39 is 10.0 Å². The molecule has 0 spiro atoms. The zero-order valence-electron chi connectivity index (χ0n) is 17.0. The summed E-state index contributed by atoms with van der Waals surface area (Å²) in [6, 6.07) is 10.8. The molecule has 1 aliphatic rings. The Morgan fingerprint density at radius 3 is 2.34 bits per heavy atom. The van der Waals surface area contributed by atoms with Crippen molar-refractivity contribution in [3.8, 4) is 11.1 Å². The molecular formula is C22H26N4O2S. The van der Waals surface area contributed by atoms with Gasteiger partial charge in [0.25, 0.3) is 0 Å². The molecule has 29 heavy (non-hydrogen) atoms. The molecule has 1 aromatic carbocycles. The van der Waals surface area contributed by atoms with Crippen LogP contribution in [0.4, 0.5) is 5.69 Å². The van der Waals surface area contributed by atoms with Crippen LogP contribution < -0.4 is 5.32 Å². The van der Waals surface area contributed by atoms with Crippen molar-refractivity contribution in [1.29, 1.82) is 0 Å². The van der Waals surface area contributed by atoms with Gasteiger partial charge in [0.1, 0.15) is 0 Å². The predicted molar refractivity (Wildman–Crippen MR) is 118 cm³/mol. The maximum absolute atomic E-state index is 11.8. The van der Waals surface area contributed by atoms with Crippen LogP contribution in [0.25, 0.3) is 21.9 Å². The number of sulfonamides is 1. The van der Waals surface area contributed by atoms with E-state index in [4.69, 9.17) is 0 Å². The number of hydrogen-bond acceptors (Lipinski definition) is 5. The van der Waals surface area contributed by atoms with Gasteiger partial charge in [0.05, 0.1) is 6.26 Å². The molecule has 0 aliphatic carbocycles. The maximum Gasteiger partial charge on any atom is 0.211 e. The fourth-order valence-electron chi connectivity index (χ4n) is 4.04. The summed E-state index contributed by atoms with van der Waals surface area (Å²) in [5.74, 6) is 0. The first-order chi connectivity index (χ1) is 13.8. The SMILES string of the molecule is Cc1cc(-c2cc(NC3CCN(S(C)(=O)=O)CC3)c3cnccc3c2)cc(C)n1. The second kappa shape index (κ2) is 7.72. The van der Waals surface area contributed by atoms with E-state index in [0.717, 1.165) is 51.8 Å². The van der Waals surface area contributed by atoms with E-state index in [1.807, 2.05) is 32.3 Å². The summed E-state index contributed by atoms with van der Waals surface area (Å²) in [5.41, 5.74) is 5.31. The molecule has 0 bridgehead atoms. The fourth-order valence-corrected chi connectivity index (χ4v) is 4.91. The Hall–Kier alpha value is -2.51. The van der Waals surface area contributed by atoms with E-state index in [1.54, 1.807) is 4.31 Å². The molecule has 0 saturated carbocycles. The zero-order valence-corrected chi connectivity index (χ0v) is 17.8. The van der Waals surface area contributed by atoms with Gasteiger partial charge in [0.15, 0.2) is 0 Å². The molecule has 2 aromatic heterocycles. The number of nitrogens with one attached hydrogen (secondary N) is 1. The first-order valence-corrected chi connectivity index (χ1v) is 11.7. The third-order valence-electron chi connectivity index (χ3n) is 5.45. The summed E-state index contributed by atoms with van der Waals surface area (Å²) < 4.78 is 25.1. The number of aromatic nitrogens is 2. The number of fused-ring (bicyclic) bond motifs is 1. The number of hydrogen-bond donors (Lipinski definition) is 1. The van der Waals surface area contributed by atoms with E-state index >= 15 is 0 Å². The average Bonchev–Trinajstić information content (AvgIpc) is 2.67. The number of nitrogens with zero attached hydrogens (tertiary/aromatic N) is 3. The van der Waals surface area contributed by atoms with Crippen LogP contribution in [-0.2, 0) is 10.0 Å². The first kappa shape index (κ1) is 19.8. The highest BCUT2D eigenvalue weighted by atomic mass is 32.2. The second-order valence-electron chi connectivity index (χ2n) is 7.84. The van der Waals surface area contributed by atoms with Gasteiger partial charge >= 0.3 is 0 Å². The molecule has 1 aliphatic heterocycles. The van der Waals surface area contributed by atoms with Gasteiger partial charge in [-0.3, -0.25) is 9.97 Å². The topological polar surface area (TPSA) is 75.2 Å². The van der Waals surface area contributed by atoms with E-state index in [-0.39, 0.29) is 6.04 Å². The van der Waals surface area contributed by atoms with E-state index in [2.05, 4.69) is 39.6 Å². The lowest BCUT2D eigenvalue weighted by Gasteiger charge is -2.31. The van der Waals surface area contributed by atoms with Crippen LogP contribution in [0.2, 0.25) is 0 Å². The van der Waals surface area contributed by atoms with Gasteiger partial charge in [-0.2, -0.15) is 0 Å². The van der Waals surface area contributed by atoms with Crippen LogP contribution in [0.1, 0.15) is 24.2 Å².